The van der Waals surface area contributed by atoms with Gasteiger partial charge in [0.15, 0.2) is 0 Å². The number of nitrogens with one attached hydrogen (secondary N) is 1. The van der Waals surface area contributed by atoms with Gasteiger partial charge in [-0.25, -0.2) is 4.68 Å². The minimum Gasteiger partial charge on any atom is -0.497 e. The zero-order chi connectivity index (χ0) is 22.0. The number of halogens is 2. The molecule has 3 aromatic carbocycles. The second-order valence-electron chi connectivity index (χ2n) is 6.97. The lowest BCUT2D eigenvalue weighted by atomic mass is 10.1. The predicted molar refractivity (Wildman–Crippen MR) is 125 cm³/mol. The standard InChI is InChI=1S/C24H19Cl2N3O2/c1-15-3-8-18(9-4-15)29-23(27-24(30)17-7-12-20(25)21(26)13-17)14-22(28-29)16-5-10-19(31-2)11-6-16/h3-14H,1-2H3,(H,27,30). The first-order valence-electron chi connectivity index (χ1n) is 9.52. The van der Waals surface area contributed by atoms with Crippen LogP contribution in [0.2, 0.25) is 10.0 Å². The molecule has 7 heteroatoms. The first-order chi connectivity index (χ1) is 14.9. The van der Waals surface area contributed by atoms with Crippen molar-refractivity contribution < 1.29 is 9.53 Å². The summed E-state index contributed by atoms with van der Waals surface area (Å²) in [5.41, 5.74) is 3.98. The fourth-order valence-electron chi connectivity index (χ4n) is 3.08. The summed E-state index contributed by atoms with van der Waals surface area (Å²) in [6, 6.07) is 22.1. The first kappa shape index (κ1) is 21.0. The van der Waals surface area contributed by atoms with Crippen LogP contribution >= 0.6 is 23.2 Å². The van der Waals surface area contributed by atoms with Gasteiger partial charge in [-0.3, -0.25) is 4.79 Å². The van der Waals surface area contributed by atoms with Gasteiger partial charge in [0.2, 0.25) is 0 Å². The number of aryl methyl sites for hydroxylation is 1. The Kier molecular flexibility index (Phi) is 5.98. The third-order valence-electron chi connectivity index (χ3n) is 4.80. The zero-order valence-electron chi connectivity index (χ0n) is 16.9. The zero-order valence-corrected chi connectivity index (χ0v) is 18.4. The van der Waals surface area contributed by atoms with Crippen LogP contribution in [-0.2, 0) is 0 Å². The number of carbonyl (C=O) groups is 1. The summed E-state index contributed by atoms with van der Waals surface area (Å²) < 4.78 is 6.93. The van der Waals surface area contributed by atoms with Gasteiger partial charge in [0, 0.05) is 17.2 Å². The van der Waals surface area contributed by atoms with E-state index in [1.807, 2.05) is 61.5 Å². The van der Waals surface area contributed by atoms with Crippen LogP contribution in [0.4, 0.5) is 5.82 Å². The Morgan fingerprint density at radius 1 is 0.935 bits per heavy atom. The van der Waals surface area contributed by atoms with Crippen LogP contribution < -0.4 is 10.1 Å². The van der Waals surface area contributed by atoms with Crippen LogP contribution in [0, 0.1) is 6.92 Å². The lowest BCUT2D eigenvalue weighted by molar-refractivity contribution is 0.102. The molecule has 0 spiro atoms. The molecule has 0 aliphatic carbocycles. The van der Waals surface area contributed by atoms with E-state index in [1.165, 1.54) is 6.07 Å². The summed E-state index contributed by atoms with van der Waals surface area (Å²) in [5.74, 6) is 0.980. The molecule has 1 aromatic heterocycles. The van der Waals surface area contributed by atoms with Crippen LogP contribution in [-0.4, -0.2) is 22.8 Å². The Morgan fingerprint density at radius 2 is 1.65 bits per heavy atom. The van der Waals surface area contributed by atoms with Crippen molar-refractivity contribution in [2.75, 3.05) is 12.4 Å². The normalized spacial score (nSPS) is 10.7. The Labute approximate surface area is 190 Å². The first-order valence-corrected chi connectivity index (χ1v) is 10.3. The Bertz CT molecular complexity index is 1230. The molecule has 0 saturated heterocycles. The third-order valence-corrected chi connectivity index (χ3v) is 5.54. The highest BCUT2D eigenvalue weighted by atomic mass is 35.5. The van der Waals surface area contributed by atoms with Gasteiger partial charge >= 0.3 is 0 Å². The van der Waals surface area contributed by atoms with Crippen LogP contribution in [0.3, 0.4) is 0 Å². The number of carbonyl (C=O) groups excluding carboxylic acids is 1. The maximum absolute atomic E-state index is 12.9. The summed E-state index contributed by atoms with van der Waals surface area (Å²) in [7, 11) is 1.62. The largest absolute Gasteiger partial charge is 0.497 e. The maximum Gasteiger partial charge on any atom is 0.256 e. The van der Waals surface area contributed by atoms with E-state index in [1.54, 1.807) is 23.9 Å². The van der Waals surface area contributed by atoms with E-state index in [-0.39, 0.29) is 5.91 Å². The number of hydrogen-bond acceptors (Lipinski definition) is 3. The quantitative estimate of drug-likeness (QED) is 0.381. The van der Waals surface area contributed by atoms with Crippen molar-refractivity contribution in [2.24, 2.45) is 0 Å². The molecule has 0 bridgehead atoms. The maximum atomic E-state index is 12.9. The third kappa shape index (κ3) is 4.58. The van der Waals surface area contributed by atoms with Crippen LogP contribution in [0.15, 0.2) is 72.8 Å². The molecule has 4 aromatic rings. The van der Waals surface area contributed by atoms with Crippen molar-refractivity contribution >= 4 is 34.9 Å². The molecule has 0 radical (unpaired) electrons. The highest BCUT2D eigenvalue weighted by molar-refractivity contribution is 6.42. The SMILES string of the molecule is COc1ccc(-c2cc(NC(=O)c3ccc(Cl)c(Cl)c3)n(-c3ccc(C)cc3)n2)cc1. The lowest BCUT2D eigenvalue weighted by Crippen LogP contribution is -2.15. The van der Waals surface area contributed by atoms with Crippen LogP contribution in [0.1, 0.15) is 15.9 Å². The summed E-state index contributed by atoms with van der Waals surface area (Å²) in [5, 5.41) is 8.38. The number of benzene rings is 3. The average molecular weight is 452 g/mol. The molecule has 1 heterocycles. The Hall–Kier alpha value is -3.28. The molecule has 0 atom stereocenters. The second kappa shape index (κ2) is 8.84. The Balaban J connectivity index is 1.73. The lowest BCUT2D eigenvalue weighted by Gasteiger charge is -2.09. The van der Waals surface area contributed by atoms with E-state index in [2.05, 4.69) is 5.32 Å². The number of anilines is 1. The number of ether oxygens (including phenoxy) is 1. The topological polar surface area (TPSA) is 56.1 Å². The van der Waals surface area contributed by atoms with Gasteiger partial charge in [-0.15, -0.1) is 0 Å². The second-order valence-corrected chi connectivity index (χ2v) is 7.79. The van der Waals surface area contributed by atoms with Crippen LogP contribution in [0.25, 0.3) is 16.9 Å². The van der Waals surface area contributed by atoms with Crippen molar-refractivity contribution in [3.8, 4) is 22.7 Å². The van der Waals surface area contributed by atoms with Gasteiger partial charge in [-0.05, 0) is 61.5 Å². The number of methoxy groups -OCH3 is 1. The fraction of sp³-hybridized carbons (Fsp3) is 0.0833. The number of aromatic nitrogens is 2. The van der Waals surface area contributed by atoms with Crippen LogP contribution in [0.5, 0.6) is 5.75 Å². The average Bonchev–Trinajstić information content (AvgIpc) is 3.20. The van der Waals surface area contributed by atoms with Crippen molar-refractivity contribution in [3.05, 3.63) is 94.0 Å². The number of rotatable bonds is 5. The number of hydrogen-bond donors (Lipinski definition) is 1. The van der Waals surface area contributed by atoms with Crippen molar-refractivity contribution in [1.29, 1.82) is 0 Å². The molecular weight excluding hydrogens is 433 g/mol. The summed E-state index contributed by atoms with van der Waals surface area (Å²) in [6.45, 7) is 2.02. The predicted octanol–water partition coefficient (Wildman–Crippen LogP) is 6.42. The van der Waals surface area contributed by atoms with Gasteiger partial charge in [0.25, 0.3) is 5.91 Å². The fourth-order valence-corrected chi connectivity index (χ4v) is 3.38. The molecule has 0 aliphatic rings. The molecule has 156 valence electrons. The Morgan fingerprint density at radius 3 is 2.29 bits per heavy atom. The minimum absolute atomic E-state index is 0.312. The molecule has 0 unspecified atom stereocenters. The minimum atomic E-state index is -0.312. The van der Waals surface area contributed by atoms with E-state index >= 15 is 0 Å². The van der Waals surface area contributed by atoms with Gasteiger partial charge < -0.3 is 10.1 Å². The molecule has 1 N–H and O–H groups in total. The molecule has 0 aliphatic heterocycles. The molecule has 31 heavy (non-hydrogen) atoms. The van der Waals surface area contributed by atoms with Crippen molar-refractivity contribution in [2.45, 2.75) is 6.92 Å². The monoisotopic (exact) mass is 451 g/mol. The molecule has 1 amide bonds. The highest BCUT2D eigenvalue weighted by Crippen LogP contribution is 2.28. The summed E-state index contributed by atoms with van der Waals surface area (Å²) >= 11 is 12.0. The van der Waals surface area contributed by atoms with E-state index in [0.29, 0.717) is 27.1 Å². The molecule has 4 rings (SSSR count). The van der Waals surface area contributed by atoms with Gasteiger partial charge in [-0.2, -0.15) is 5.10 Å². The smallest absolute Gasteiger partial charge is 0.256 e. The molecular formula is C24H19Cl2N3O2. The summed E-state index contributed by atoms with van der Waals surface area (Å²) in [6.07, 6.45) is 0. The van der Waals surface area contributed by atoms with Gasteiger partial charge in [-0.1, -0.05) is 40.9 Å². The van der Waals surface area contributed by atoms with Gasteiger partial charge in [0.05, 0.1) is 28.5 Å². The van der Waals surface area contributed by atoms with E-state index in [4.69, 9.17) is 33.0 Å². The van der Waals surface area contributed by atoms with E-state index < -0.39 is 0 Å². The van der Waals surface area contributed by atoms with Crippen molar-refractivity contribution in [3.63, 3.8) is 0 Å². The molecule has 0 saturated carbocycles. The van der Waals surface area contributed by atoms with E-state index in [0.717, 1.165) is 22.6 Å². The number of amides is 1. The highest BCUT2D eigenvalue weighted by Gasteiger charge is 2.16. The number of nitrogens with zero attached hydrogens (tertiary/aromatic N) is 2. The van der Waals surface area contributed by atoms with E-state index in [9.17, 15) is 4.79 Å². The molecule has 5 nitrogen and oxygen atoms in total. The summed E-state index contributed by atoms with van der Waals surface area (Å²) in [4.78, 5) is 12.9. The van der Waals surface area contributed by atoms with Gasteiger partial charge in [0.1, 0.15) is 11.6 Å². The molecule has 0 fully saturated rings. The van der Waals surface area contributed by atoms with Crippen molar-refractivity contribution in [1.82, 2.24) is 9.78 Å².